The molecule has 0 fully saturated rings. The van der Waals surface area contributed by atoms with Gasteiger partial charge in [0.15, 0.2) is 12.4 Å². The molecule has 4 aromatic rings. The maximum absolute atomic E-state index is 13.2. The zero-order valence-electron chi connectivity index (χ0n) is 17.3. The van der Waals surface area contributed by atoms with Crippen LogP contribution in [0.15, 0.2) is 86.5 Å². The predicted octanol–water partition coefficient (Wildman–Crippen LogP) is 4.93. The van der Waals surface area contributed by atoms with Gasteiger partial charge in [0, 0.05) is 12.1 Å². The van der Waals surface area contributed by atoms with Crippen LogP contribution in [0.5, 0.6) is 11.5 Å². The van der Waals surface area contributed by atoms with Crippen LogP contribution >= 0.6 is 15.9 Å². The number of hydrogen-bond donors (Lipinski definition) is 1. The first-order chi connectivity index (χ1) is 15.6. The first-order valence-electron chi connectivity index (χ1n) is 9.90. The smallest absolute Gasteiger partial charge is 0.258 e. The molecule has 32 heavy (non-hydrogen) atoms. The quantitative estimate of drug-likeness (QED) is 0.395. The van der Waals surface area contributed by atoms with Crippen molar-refractivity contribution < 1.29 is 18.7 Å². The topological polar surface area (TPSA) is 77.8 Å². The van der Waals surface area contributed by atoms with Gasteiger partial charge in [-0.1, -0.05) is 42.5 Å². The summed E-state index contributed by atoms with van der Waals surface area (Å²) in [5, 5.41) is 3.17. The molecule has 0 bridgehead atoms. The average Bonchev–Trinajstić information content (AvgIpc) is 2.82. The van der Waals surface area contributed by atoms with Crippen molar-refractivity contribution in [1.82, 2.24) is 5.32 Å². The largest absolute Gasteiger partial charge is 0.496 e. The van der Waals surface area contributed by atoms with Crippen LogP contribution in [0, 0.1) is 0 Å². The number of carbonyl (C=O) groups is 1. The van der Waals surface area contributed by atoms with Gasteiger partial charge in [-0.15, -0.1) is 0 Å². The van der Waals surface area contributed by atoms with Gasteiger partial charge in [0.05, 0.1) is 17.0 Å². The van der Waals surface area contributed by atoms with Gasteiger partial charge in [0.1, 0.15) is 11.3 Å². The first-order valence-corrected chi connectivity index (χ1v) is 10.7. The lowest BCUT2D eigenvalue weighted by molar-refractivity contribution is -0.123. The maximum Gasteiger partial charge on any atom is 0.258 e. The van der Waals surface area contributed by atoms with Gasteiger partial charge in [-0.25, -0.2) is 0 Å². The molecule has 1 aromatic heterocycles. The fourth-order valence-corrected chi connectivity index (χ4v) is 3.78. The van der Waals surface area contributed by atoms with E-state index < -0.39 is 0 Å². The summed E-state index contributed by atoms with van der Waals surface area (Å²) in [7, 11) is 1.57. The number of halogens is 1. The number of carbonyl (C=O) groups excluding carboxylic acids is 1. The minimum absolute atomic E-state index is 0.0179. The highest BCUT2D eigenvalue weighted by molar-refractivity contribution is 9.10. The number of ether oxygens (including phenoxy) is 2. The van der Waals surface area contributed by atoms with Crippen LogP contribution in [0.25, 0.3) is 22.3 Å². The highest BCUT2D eigenvalue weighted by Crippen LogP contribution is 2.35. The Morgan fingerprint density at radius 3 is 2.53 bits per heavy atom. The van der Waals surface area contributed by atoms with Crippen molar-refractivity contribution in [1.29, 1.82) is 0 Å². The molecular weight excluding hydrogens is 474 g/mol. The molecule has 0 radical (unpaired) electrons. The second-order valence-electron chi connectivity index (χ2n) is 6.99. The molecule has 7 heteroatoms. The molecule has 1 amide bonds. The van der Waals surface area contributed by atoms with Gasteiger partial charge in [0.25, 0.3) is 5.91 Å². The Bertz CT molecular complexity index is 1320. The predicted molar refractivity (Wildman–Crippen MR) is 126 cm³/mol. The zero-order chi connectivity index (χ0) is 22.5. The number of para-hydroxylation sites is 1. The maximum atomic E-state index is 13.2. The van der Waals surface area contributed by atoms with Gasteiger partial charge in [0.2, 0.25) is 11.2 Å². The number of amides is 1. The Kier molecular flexibility index (Phi) is 6.56. The van der Waals surface area contributed by atoms with E-state index >= 15 is 0 Å². The molecule has 1 N–H and O–H groups in total. The van der Waals surface area contributed by atoms with Crippen molar-refractivity contribution >= 4 is 32.8 Å². The van der Waals surface area contributed by atoms with E-state index in [4.69, 9.17) is 13.9 Å². The van der Waals surface area contributed by atoms with Crippen molar-refractivity contribution in [2.24, 2.45) is 0 Å². The molecule has 0 aliphatic heterocycles. The van der Waals surface area contributed by atoms with E-state index in [0.29, 0.717) is 33.3 Å². The summed E-state index contributed by atoms with van der Waals surface area (Å²) in [5.74, 6) is 0.520. The standard InChI is InChI=1S/C25H20BrNO5/c1-30-21-12-11-17(13-19(21)26)24-25(23(29)18-9-5-6-10-20(18)32-24)31-15-22(28)27-14-16-7-3-2-4-8-16/h2-13H,14-15H2,1H3,(H,27,28). The molecule has 6 nitrogen and oxygen atoms in total. The zero-order valence-corrected chi connectivity index (χ0v) is 18.8. The number of nitrogens with one attached hydrogen (secondary N) is 1. The monoisotopic (exact) mass is 493 g/mol. The van der Waals surface area contributed by atoms with E-state index in [1.807, 2.05) is 30.3 Å². The highest BCUT2D eigenvalue weighted by atomic mass is 79.9. The molecule has 0 aliphatic carbocycles. The molecule has 162 valence electrons. The average molecular weight is 494 g/mol. The second-order valence-corrected chi connectivity index (χ2v) is 7.84. The number of benzene rings is 3. The van der Waals surface area contributed by atoms with Gasteiger partial charge in [-0.3, -0.25) is 9.59 Å². The molecule has 0 saturated carbocycles. The van der Waals surface area contributed by atoms with Crippen LogP contribution in [0.2, 0.25) is 0 Å². The van der Waals surface area contributed by atoms with E-state index in [9.17, 15) is 9.59 Å². The van der Waals surface area contributed by atoms with Gasteiger partial charge >= 0.3 is 0 Å². The van der Waals surface area contributed by atoms with Crippen LogP contribution in [-0.4, -0.2) is 19.6 Å². The summed E-state index contributed by atoms with van der Waals surface area (Å²) in [4.78, 5) is 25.5. The van der Waals surface area contributed by atoms with Crippen molar-refractivity contribution in [3.63, 3.8) is 0 Å². The van der Waals surface area contributed by atoms with Crippen molar-refractivity contribution in [2.45, 2.75) is 6.54 Å². The summed E-state index contributed by atoms with van der Waals surface area (Å²) in [5.41, 5.74) is 1.67. The molecule has 4 rings (SSSR count). The molecule has 3 aromatic carbocycles. The van der Waals surface area contributed by atoms with E-state index in [0.717, 1.165) is 5.56 Å². The Balaban J connectivity index is 1.64. The van der Waals surface area contributed by atoms with Gasteiger partial charge in [-0.2, -0.15) is 0 Å². The van der Waals surface area contributed by atoms with E-state index in [1.165, 1.54) is 0 Å². The van der Waals surface area contributed by atoms with Crippen LogP contribution in [0.1, 0.15) is 5.56 Å². The number of hydrogen-bond acceptors (Lipinski definition) is 5. The summed E-state index contributed by atoms with van der Waals surface area (Å²) in [6.07, 6.45) is 0. The molecular formula is C25H20BrNO5. The van der Waals surface area contributed by atoms with Crippen molar-refractivity contribution in [3.8, 4) is 22.8 Å². The third-order valence-corrected chi connectivity index (χ3v) is 5.47. The molecule has 0 spiro atoms. The number of fused-ring (bicyclic) bond motifs is 1. The Hall–Kier alpha value is -3.58. The minimum Gasteiger partial charge on any atom is -0.496 e. The summed E-state index contributed by atoms with van der Waals surface area (Å²) in [6.45, 7) is 0.0495. The fourth-order valence-electron chi connectivity index (χ4n) is 3.24. The van der Waals surface area contributed by atoms with Crippen LogP contribution in [0.3, 0.4) is 0 Å². The van der Waals surface area contributed by atoms with E-state index in [2.05, 4.69) is 21.2 Å². The fraction of sp³-hybridized carbons (Fsp3) is 0.120. The molecule has 0 aliphatic rings. The van der Waals surface area contributed by atoms with E-state index in [-0.39, 0.29) is 29.5 Å². The Morgan fingerprint density at radius 2 is 1.78 bits per heavy atom. The van der Waals surface area contributed by atoms with Crippen LogP contribution in [-0.2, 0) is 11.3 Å². The lowest BCUT2D eigenvalue weighted by Gasteiger charge is -2.13. The third kappa shape index (κ3) is 4.68. The highest BCUT2D eigenvalue weighted by Gasteiger charge is 2.19. The molecule has 0 saturated heterocycles. The van der Waals surface area contributed by atoms with Crippen molar-refractivity contribution in [2.75, 3.05) is 13.7 Å². The Labute approximate surface area is 192 Å². The Morgan fingerprint density at radius 1 is 1.03 bits per heavy atom. The lowest BCUT2D eigenvalue weighted by atomic mass is 10.1. The number of rotatable bonds is 7. The summed E-state index contributed by atoms with van der Waals surface area (Å²) < 4.78 is 17.7. The first kappa shape index (κ1) is 21.6. The third-order valence-electron chi connectivity index (χ3n) is 4.85. The van der Waals surface area contributed by atoms with Gasteiger partial charge in [-0.05, 0) is 51.8 Å². The second kappa shape index (κ2) is 9.70. The molecule has 0 atom stereocenters. The normalized spacial score (nSPS) is 10.7. The van der Waals surface area contributed by atoms with E-state index in [1.54, 1.807) is 49.6 Å². The molecule has 0 unspecified atom stereocenters. The summed E-state index contributed by atoms with van der Waals surface area (Å²) >= 11 is 3.45. The van der Waals surface area contributed by atoms with Crippen LogP contribution < -0.4 is 20.2 Å². The number of methoxy groups -OCH3 is 1. The SMILES string of the molecule is COc1ccc(-c2oc3ccccc3c(=O)c2OCC(=O)NCc2ccccc2)cc1Br. The molecule has 1 heterocycles. The summed E-state index contributed by atoms with van der Waals surface area (Å²) in [6, 6.07) is 21.7. The minimum atomic E-state index is -0.344. The van der Waals surface area contributed by atoms with Crippen LogP contribution in [0.4, 0.5) is 0 Å². The van der Waals surface area contributed by atoms with Crippen molar-refractivity contribution in [3.05, 3.63) is 93.1 Å². The van der Waals surface area contributed by atoms with Gasteiger partial charge < -0.3 is 19.2 Å². The lowest BCUT2D eigenvalue weighted by Crippen LogP contribution is -2.29.